The average molecular weight is 371 g/mol. The molecule has 2 aromatic carbocycles. The summed E-state index contributed by atoms with van der Waals surface area (Å²) in [5.41, 5.74) is 2.00. The number of para-hydroxylation sites is 1. The van der Waals surface area contributed by atoms with Crippen LogP contribution in [-0.4, -0.2) is 14.2 Å². The second kappa shape index (κ2) is 7.69. The zero-order valence-corrected chi connectivity index (χ0v) is 14.3. The Balaban J connectivity index is 2.22. The SMILES string of the molecule is CNCc1cccc(Br)c1OCc1cc(Cl)ccc1OC. The molecule has 112 valence electrons. The third-order valence-corrected chi connectivity index (χ3v) is 3.89. The second-order valence-electron chi connectivity index (χ2n) is 4.50. The molecule has 1 N–H and O–H groups in total. The number of halogens is 2. The van der Waals surface area contributed by atoms with Gasteiger partial charge in [-0.1, -0.05) is 23.7 Å². The molecule has 3 nitrogen and oxygen atoms in total. The summed E-state index contributed by atoms with van der Waals surface area (Å²) in [4.78, 5) is 0. The van der Waals surface area contributed by atoms with Gasteiger partial charge in [0.15, 0.2) is 0 Å². The maximum Gasteiger partial charge on any atom is 0.138 e. The molecule has 0 saturated heterocycles. The van der Waals surface area contributed by atoms with Crippen LogP contribution in [0.2, 0.25) is 5.02 Å². The molecule has 21 heavy (non-hydrogen) atoms. The lowest BCUT2D eigenvalue weighted by atomic mass is 10.2. The molecule has 0 aliphatic heterocycles. The fraction of sp³-hybridized carbons (Fsp3) is 0.250. The van der Waals surface area contributed by atoms with E-state index in [1.165, 1.54) is 0 Å². The van der Waals surface area contributed by atoms with Gasteiger partial charge in [-0.25, -0.2) is 0 Å². The van der Waals surface area contributed by atoms with Crippen LogP contribution in [0.25, 0.3) is 0 Å². The van der Waals surface area contributed by atoms with Gasteiger partial charge in [0.1, 0.15) is 18.1 Å². The Labute approximate surface area is 138 Å². The Morgan fingerprint density at radius 1 is 1.19 bits per heavy atom. The highest BCUT2D eigenvalue weighted by Gasteiger charge is 2.10. The molecule has 0 spiro atoms. The maximum absolute atomic E-state index is 6.04. The summed E-state index contributed by atoms with van der Waals surface area (Å²) in [7, 11) is 3.54. The number of rotatable bonds is 6. The summed E-state index contributed by atoms with van der Waals surface area (Å²) in [6, 6.07) is 11.5. The summed E-state index contributed by atoms with van der Waals surface area (Å²) in [5, 5.41) is 3.80. The van der Waals surface area contributed by atoms with Gasteiger partial charge in [-0.3, -0.25) is 0 Å². The molecule has 0 aliphatic rings. The van der Waals surface area contributed by atoms with E-state index in [4.69, 9.17) is 21.1 Å². The van der Waals surface area contributed by atoms with Gasteiger partial charge in [-0.2, -0.15) is 0 Å². The average Bonchev–Trinajstić information content (AvgIpc) is 2.47. The van der Waals surface area contributed by atoms with Crippen molar-refractivity contribution in [2.75, 3.05) is 14.2 Å². The molecule has 5 heteroatoms. The van der Waals surface area contributed by atoms with Crippen molar-refractivity contribution in [1.82, 2.24) is 5.32 Å². The van der Waals surface area contributed by atoms with Crippen molar-refractivity contribution in [3.05, 3.63) is 57.0 Å². The first-order chi connectivity index (χ1) is 10.2. The third kappa shape index (κ3) is 4.13. The van der Waals surface area contributed by atoms with E-state index in [1.54, 1.807) is 13.2 Å². The van der Waals surface area contributed by atoms with Crippen LogP contribution in [0.3, 0.4) is 0 Å². The molecule has 0 aromatic heterocycles. The predicted molar refractivity (Wildman–Crippen MR) is 89.2 cm³/mol. The van der Waals surface area contributed by atoms with Crippen molar-refractivity contribution < 1.29 is 9.47 Å². The molecule has 0 heterocycles. The number of ether oxygens (including phenoxy) is 2. The van der Waals surface area contributed by atoms with Crippen molar-refractivity contribution in [3.63, 3.8) is 0 Å². The van der Waals surface area contributed by atoms with Crippen LogP contribution in [0.4, 0.5) is 0 Å². The summed E-state index contributed by atoms with van der Waals surface area (Å²) >= 11 is 9.57. The number of methoxy groups -OCH3 is 1. The standard InChI is InChI=1S/C16H17BrClNO2/c1-19-9-11-4-3-5-14(17)16(11)21-10-12-8-13(18)6-7-15(12)20-2/h3-8,19H,9-10H2,1-2H3. The summed E-state index contributed by atoms with van der Waals surface area (Å²) in [5.74, 6) is 1.59. The van der Waals surface area contributed by atoms with Crippen LogP contribution in [0.1, 0.15) is 11.1 Å². The number of hydrogen-bond donors (Lipinski definition) is 1. The normalized spacial score (nSPS) is 10.5. The molecular weight excluding hydrogens is 354 g/mol. The molecule has 0 atom stereocenters. The second-order valence-corrected chi connectivity index (χ2v) is 5.79. The molecule has 0 radical (unpaired) electrons. The lowest BCUT2D eigenvalue weighted by molar-refractivity contribution is 0.291. The minimum absolute atomic E-state index is 0.392. The van der Waals surface area contributed by atoms with Gasteiger partial charge in [0, 0.05) is 22.7 Å². The summed E-state index contributed by atoms with van der Waals surface area (Å²) in [6.07, 6.45) is 0. The van der Waals surface area contributed by atoms with Gasteiger partial charge < -0.3 is 14.8 Å². The number of benzene rings is 2. The van der Waals surface area contributed by atoms with Crippen LogP contribution < -0.4 is 14.8 Å². The first-order valence-corrected chi connectivity index (χ1v) is 7.70. The molecule has 2 rings (SSSR count). The fourth-order valence-corrected chi connectivity index (χ4v) is 2.77. The zero-order valence-electron chi connectivity index (χ0n) is 12.0. The topological polar surface area (TPSA) is 30.5 Å². The zero-order chi connectivity index (χ0) is 15.2. The predicted octanol–water partition coefficient (Wildman–Crippen LogP) is 4.41. The maximum atomic E-state index is 6.04. The van der Waals surface area contributed by atoms with Crippen LogP contribution >= 0.6 is 27.5 Å². The van der Waals surface area contributed by atoms with E-state index in [-0.39, 0.29) is 0 Å². The highest BCUT2D eigenvalue weighted by molar-refractivity contribution is 9.10. The van der Waals surface area contributed by atoms with Gasteiger partial charge in [0.25, 0.3) is 0 Å². The van der Waals surface area contributed by atoms with Gasteiger partial charge in [-0.15, -0.1) is 0 Å². The lowest BCUT2D eigenvalue weighted by Gasteiger charge is -2.15. The molecule has 0 bridgehead atoms. The monoisotopic (exact) mass is 369 g/mol. The third-order valence-electron chi connectivity index (χ3n) is 3.03. The minimum atomic E-state index is 0.392. The Bertz CT molecular complexity index is 619. The van der Waals surface area contributed by atoms with E-state index in [9.17, 15) is 0 Å². The first kappa shape index (κ1) is 16.1. The minimum Gasteiger partial charge on any atom is -0.496 e. The largest absolute Gasteiger partial charge is 0.496 e. The molecule has 0 amide bonds. The molecule has 0 saturated carbocycles. The Morgan fingerprint density at radius 2 is 2.00 bits per heavy atom. The highest BCUT2D eigenvalue weighted by atomic mass is 79.9. The van der Waals surface area contributed by atoms with Gasteiger partial charge in [0.2, 0.25) is 0 Å². The van der Waals surface area contributed by atoms with Crippen LogP contribution in [0, 0.1) is 0 Å². The summed E-state index contributed by atoms with van der Waals surface area (Å²) in [6.45, 7) is 1.13. The Morgan fingerprint density at radius 3 is 2.71 bits per heavy atom. The van der Waals surface area contributed by atoms with Gasteiger partial charge in [-0.05, 0) is 47.2 Å². The van der Waals surface area contributed by atoms with Crippen molar-refractivity contribution in [2.24, 2.45) is 0 Å². The summed E-state index contributed by atoms with van der Waals surface area (Å²) < 4.78 is 12.2. The smallest absolute Gasteiger partial charge is 0.138 e. The van der Waals surface area contributed by atoms with Crippen molar-refractivity contribution in [3.8, 4) is 11.5 Å². The van der Waals surface area contributed by atoms with E-state index in [1.807, 2.05) is 37.4 Å². The molecule has 0 unspecified atom stereocenters. The number of nitrogens with one attached hydrogen (secondary N) is 1. The quantitative estimate of drug-likeness (QED) is 0.817. The van der Waals surface area contributed by atoms with E-state index in [2.05, 4.69) is 21.2 Å². The van der Waals surface area contributed by atoms with Crippen LogP contribution in [0.5, 0.6) is 11.5 Å². The Kier molecular flexibility index (Phi) is 5.91. The molecule has 0 aliphatic carbocycles. The van der Waals surface area contributed by atoms with Gasteiger partial charge in [0.05, 0.1) is 11.6 Å². The van der Waals surface area contributed by atoms with Crippen molar-refractivity contribution in [2.45, 2.75) is 13.2 Å². The van der Waals surface area contributed by atoms with E-state index in [0.29, 0.717) is 11.6 Å². The van der Waals surface area contributed by atoms with Crippen LogP contribution in [-0.2, 0) is 13.2 Å². The molecule has 2 aromatic rings. The highest BCUT2D eigenvalue weighted by Crippen LogP contribution is 2.31. The number of hydrogen-bond acceptors (Lipinski definition) is 3. The van der Waals surface area contributed by atoms with Gasteiger partial charge >= 0.3 is 0 Å². The van der Waals surface area contributed by atoms with E-state index in [0.717, 1.165) is 33.6 Å². The molecule has 0 fully saturated rings. The van der Waals surface area contributed by atoms with Crippen molar-refractivity contribution in [1.29, 1.82) is 0 Å². The lowest BCUT2D eigenvalue weighted by Crippen LogP contribution is -2.08. The fourth-order valence-electron chi connectivity index (χ4n) is 2.05. The Hall–Kier alpha value is -1.23. The van der Waals surface area contributed by atoms with E-state index < -0.39 is 0 Å². The van der Waals surface area contributed by atoms with E-state index >= 15 is 0 Å². The first-order valence-electron chi connectivity index (χ1n) is 6.53. The van der Waals surface area contributed by atoms with Crippen molar-refractivity contribution >= 4 is 27.5 Å². The van der Waals surface area contributed by atoms with Crippen LogP contribution in [0.15, 0.2) is 40.9 Å². The molecular formula is C16H17BrClNO2.